The summed E-state index contributed by atoms with van der Waals surface area (Å²) in [6.07, 6.45) is -0.845. The van der Waals surface area contributed by atoms with Gasteiger partial charge in [0.25, 0.3) is 0 Å². The molecule has 0 fully saturated rings. The maximum absolute atomic E-state index is 11.5. The van der Waals surface area contributed by atoms with Crippen molar-refractivity contribution in [2.45, 2.75) is 52.2 Å². The lowest BCUT2D eigenvalue weighted by molar-refractivity contribution is -0.153. The molecule has 1 atom stereocenters. The van der Waals surface area contributed by atoms with Gasteiger partial charge in [0.1, 0.15) is 19.0 Å². The second-order valence-corrected chi connectivity index (χ2v) is 7.62. The smallest absolute Gasteiger partial charge is 0.333 e. The zero-order valence-electron chi connectivity index (χ0n) is 18.4. The number of carboxylic acid groups (broad SMARTS) is 1. The van der Waals surface area contributed by atoms with Crippen molar-refractivity contribution >= 4 is 5.97 Å². The van der Waals surface area contributed by atoms with Crippen LogP contribution < -0.4 is 14.2 Å². The van der Waals surface area contributed by atoms with Crippen LogP contribution in [-0.4, -0.2) is 43.6 Å². The van der Waals surface area contributed by atoms with E-state index in [1.165, 1.54) is 5.56 Å². The topological polar surface area (TPSA) is 74.2 Å². The van der Waals surface area contributed by atoms with Gasteiger partial charge in [0.05, 0.1) is 13.2 Å². The zero-order valence-corrected chi connectivity index (χ0v) is 18.4. The first-order valence-corrected chi connectivity index (χ1v) is 10.2. The second kappa shape index (κ2) is 11.5. The summed E-state index contributed by atoms with van der Waals surface area (Å²) in [7, 11) is 1.57. The van der Waals surface area contributed by atoms with Crippen LogP contribution >= 0.6 is 0 Å². The second-order valence-electron chi connectivity index (χ2n) is 7.62. The fourth-order valence-electron chi connectivity index (χ4n) is 2.96. The van der Waals surface area contributed by atoms with E-state index in [9.17, 15) is 9.90 Å². The van der Waals surface area contributed by atoms with Gasteiger partial charge in [-0.2, -0.15) is 0 Å². The maximum Gasteiger partial charge on any atom is 0.333 e. The molecule has 1 N–H and O–H groups in total. The molecule has 2 aromatic rings. The minimum atomic E-state index is -0.987. The Hall–Kier alpha value is -2.73. The molecule has 0 saturated carbocycles. The lowest BCUT2D eigenvalue weighted by atomic mass is 10.0. The average Bonchev–Trinajstić information content (AvgIpc) is 2.71. The van der Waals surface area contributed by atoms with Crippen molar-refractivity contribution in [1.82, 2.24) is 0 Å². The molecule has 0 saturated heterocycles. The molecule has 0 aliphatic rings. The number of rotatable bonds is 12. The van der Waals surface area contributed by atoms with Crippen LogP contribution in [0, 0.1) is 0 Å². The van der Waals surface area contributed by atoms with Crippen molar-refractivity contribution in [3.05, 3.63) is 53.6 Å². The lowest BCUT2D eigenvalue weighted by Crippen LogP contribution is -2.29. The van der Waals surface area contributed by atoms with Gasteiger partial charge in [-0.3, -0.25) is 0 Å². The summed E-state index contributed by atoms with van der Waals surface area (Å²) >= 11 is 0. The summed E-state index contributed by atoms with van der Waals surface area (Å²) < 4.78 is 22.4. The molecule has 2 rings (SSSR count). The lowest BCUT2D eigenvalue weighted by Gasteiger charge is -2.18. The normalized spacial score (nSPS) is 12.1. The highest BCUT2D eigenvalue weighted by atomic mass is 16.5. The summed E-state index contributed by atoms with van der Waals surface area (Å²) in [6.45, 7) is 8.64. The van der Waals surface area contributed by atoms with E-state index in [0.29, 0.717) is 30.6 Å². The number of carboxylic acids is 1. The summed E-state index contributed by atoms with van der Waals surface area (Å²) in [5.74, 6) is 1.41. The number of benzene rings is 2. The van der Waals surface area contributed by atoms with Crippen molar-refractivity contribution in [2.75, 3.05) is 20.3 Å². The number of hydrogen-bond donors (Lipinski definition) is 1. The molecule has 0 aliphatic carbocycles. The third kappa shape index (κ3) is 7.26. The van der Waals surface area contributed by atoms with Crippen molar-refractivity contribution < 1.29 is 28.8 Å². The molecule has 0 amide bonds. The van der Waals surface area contributed by atoms with E-state index in [-0.39, 0.29) is 12.5 Å². The number of hydrogen-bond acceptors (Lipinski definition) is 5. The van der Waals surface area contributed by atoms with Gasteiger partial charge in [0.15, 0.2) is 17.6 Å². The van der Waals surface area contributed by atoms with Gasteiger partial charge < -0.3 is 24.1 Å². The monoisotopic (exact) mass is 416 g/mol. The molecule has 0 heterocycles. The van der Waals surface area contributed by atoms with Crippen LogP contribution in [0.3, 0.4) is 0 Å². The van der Waals surface area contributed by atoms with Gasteiger partial charge in [-0.05, 0) is 55.2 Å². The highest BCUT2D eigenvalue weighted by Gasteiger charge is 2.21. The van der Waals surface area contributed by atoms with E-state index >= 15 is 0 Å². The van der Waals surface area contributed by atoms with Gasteiger partial charge in [-0.1, -0.05) is 32.0 Å². The molecule has 0 aliphatic heterocycles. The molecule has 0 spiro atoms. The molecule has 164 valence electrons. The number of ether oxygens (including phenoxy) is 4. The van der Waals surface area contributed by atoms with E-state index in [2.05, 4.69) is 26.0 Å². The highest BCUT2D eigenvalue weighted by molar-refractivity contribution is 5.72. The molecule has 1 unspecified atom stereocenters. The van der Waals surface area contributed by atoms with Gasteiger partial charge in [0.2, 0.25) is 0 Å². The molecule has 0 radical (unpaired) electrons. The predicted molar refractivity (Wildman–Crippen MR) is 116 cm³/mol. The molecule has 2 aromatic carbocycles. The molecule has 6 nitrogen and oxygen atoms in total. The number of carbonyl (C=O) groups is 1. The SMILES string of the molecule is COc1ccc(CC(OC(C)C)C(=O)O)cc1OCCOc1ccc(C(C)C)cc1. The first-order valence-electron chi connectivity index (χ1n) is 10.2. The Bertz CT molecular complexity index is 798. The van der Waals surface area contributed by atoms with Crippen LogP contribution in [0.2, 0.25) is 0 Å². The Kier molecular flexibility index (Phi) is 8.99. The summed E-state index contributed by atoms with van der Waals surface area (Å²) in [5.41, 5.74) is 2.06. The first kappa shape index (κ1) is 23.5. The Morgan fingerprint density at radius 3 is 2.17 bits per heavy atom. The first-order chi connectivity index (χ1) is 14.3. The standard InChI is InChI=1S/C24H32O6/c1-16(2)19-7-9-20(10-8-19)28-12-13-29-22-14-18(6-11-21(22)27-5)15-23(24(25)26)30-17(3)4/h6-11,14,16-17,23H,12-13,15H2,1-5H3,(H,25,26). The van der Waals surface area contributed by atoms with Gasteiger partial charge in [-0.25, -0.2) is 4.79 Å². The highest BCUT2D eigenvalue weighted by Crippen LogP contribution is 2.29. The quantitative estimate of drug-likeness (QED) is 0.506. The molecule has 6 heteroatoms. The van der Waals surface area contributed by atoms with E-state index < -0.39 is 12.1 Å². The van der Waals surface area contributed by atoms with E-state index in [4.69, 9.17) is 18.9 Å². The summed E-state index contributed by atoms with van der Waals surface area (Å²) in [5, 5.41) is 9.39. The largest absolute Gasteiger partial charge is 0.493 e. The molecule has 30 heavy (non-hydrogen) atoms. The summed E-state index contributed by atoms with van der Waals surface area (Å²) in [4.78, 5) is 11.5. The predicted octanol–water partition coefficient (Wildman–Crippen LogP) is 4.70. The van der Waals surface area contributed by atoms with Crippen molar-refractivity contribution in [3.63, 3.8) is 0 Å². The third-order valence-corrected chi connectivity index (χ3v) is 4.52. The molecular formula is C24H32O6. The van der Waals surface area contributed by atoms with Crippen LogP contribution in [0.25, 0.3) is 0 Å². The van der Waals surface area contributed by atoms with Crippen molar-refractivity contribution in [1.29, 1.82) is 0 Å². The fourth-order valence-corrected chi connectivity index (χ4v) is 2.96. The third-order valence-electron chi connectivity index (χ3n) is 4.52. The molecular weight excluding hydrogens is 384 g/mol. The summed E-state index contributed by atoms with van der Waals surface area (Å²) in [6, 6.07) is 13.4. The van der Waals surface area contributed by atoms with E-state index in [1.54, 1.807) is 19.2 Å². The fraction of sp³-hybridized carbons (Fsp3) is 0.458. The molecule has 0 aromatic heterocycles. The van der Waals surface area contributed by atoms with Crippen molar-refractivity contribution in [2.24, 2.45) is 0 Å². The minimum Gasteiger partial charge on any atom is -0.493 e. The van der Waals surface area contributed by atoms with Crippen LogP contribution in [0.5, 0.6) is 17.2 Å². The Labute approximate surface area is 178 Å². The van der Waals surface area contributed by atoms with Gasteiger partial charge >= 0.3 is 5.97 Å². The zero-order chi connectivity index (χ0) is 22.1. The Morgan fingerprint density at radius 2 is 1.60 bits per heavy atom. The van der Waals surface area contributed by atoms with E-state index in [0.717, 1.165) is 11.3 Å². The minimum absolute atomic E-state index is 0.174. The van der Waals surface area contributed by atoms with Gasteiger partial charge in [0, 0.05) is 6.42 Å². The number of aliphatic carboxylic acids is 1. The Morgan fingerprint density at radius 1 is 0.933 bits per heavy atom. The average molecular weight is 417 g/mol. The Balaban J connectivity index is 1.95. The molecule has 0 bridgehead atoms. The van der Waals surface area contributed by atoms with Crippen LogP contribution in [0.4, 0.5) is 0 Å². The van der Waals surface area contributed by atoms with Crippen molar-refractivity contribution in [3.8, 4) is 17.2 Å². The van der Waals surface area contributed by atoms with Crippen LogP contribution in [0.15, 0.2) is 42.5 Å². The van der Waals surface area contributed by atoms with Crippen LogP contribution in [-0.2, 0) is 16.0 Å². The van der Waals surface area contributed by atoms with Crippen LogP contribution in [0.1, 0.15) is 44.7 Å². The maximum atomic E-state index is 11.5. The number of methoxy groups -OCH3 is 1. The van der Waals surface area contributed by atoms with E-state index in [1.807, 2.05) is 32.0 Å². The van der Waals surface area contributed by atoms with Gasteiger partial charge in [-0.15, -0.1) is 0 Å².